The standard InChI is InChI=1S/C24H32N4OS/c1-24(2,3)20-16-21(27-11-4-5-12-27)26-23(25-20)30-17-18-9-8-10-19(15-18)22(29)28-13-6-7-14-28/h8-10,15-16H,4-7,11-14,17H2,1-3H3. The number of nitrogens with zero attached hydrogens (tertiary/aromatic N) is 4. The number of thioether (sulfide) groups is 1. The molecule has 5 nitrogen and oxygen atoms in total. The molecule has 2 fully saturated rings. The highest BCUT2D eigenvalue weighted by Gasteiger charge is 2.22. The number of carbonyl (C=O) groups is 1. The minimum atomic E-state index is -0.0191. The minimum absolute atomic E-state index is 0.0191. The first-order chi connectivity index (χ1) is 14.4. The van der Waals surface area contributed by atoms with E-state index in [-0.39, 0.29) is 11.3 Å². The summed E-state index contributed by atoms with van der Waals surface area (Å²) in [6, 6.07) is 10.2. The molecular formula is C24H32N4OS. The van der Waals surface area contributed by atoms with Gasteiger partial charge in [-0.25, -0.2) is 9.97 Å². The van der Waals surface area contributed by atoms with Crippen molar-refractivity contribution in [3.8, 4) is 0 Å². The van der Waals surface area contributed by atoms with Gasteiger partial charge < -0.3 is 9.80 Å². The van der Waals surface area contributed by atoms with Crippen LogP contribution in [0.1, 0.15) is 68.1 Å². The second-order valence-corrected chi connectivity index (χ2v) is 10.3. The zero-order chi connectivity index (χ0) is 21.1. The molecule has 6 heteroatoms. The van der Waals surface area contributed by atoms with Crippen LogP contribution in [0.15, 0.2) is 35.5 Å². The third-order valence-electron chi connectivity index (χ3n) is 5.83. The Kier molecular flexibility index (Phi) is 6.32. The van der Waals surface area contributed by atoms with E-state index >= 15 is 0 Å². The molecule has 0 bridgehead atoms. The normalized spacial score (nSPS) is 17.0. The zero-order valence-corrected chi connectivity index (χ0v) is 19.2. The maximum Gasteiger partial charge on any atom is 0.253 e. The Bertz CT molecular complexity index is 896. The topological polar surface area (TPSA) is 49.3 Å². The van der Waals surface area contributed by atoms with E-state index in [1.807, 2.05) is 23.1 Å². The van der Waals surface area contributed by atoms with Gasteiger partial charge in [0.25, 0.3) is 5.91 Å². The third-order valence-corrected chi connectivity index (χ3v) is 6.74. The predicted octanol–water partition coefficient (Wildman–Crippen LogP) is 4.90. The van der Waals surface area contributed by atoms with Crippen LogP contribution in [0.5, 0.6) is 0 Å². The molecule has 0 unspecified atom stereocenters. The number of carbonyl (C=O) groups excluding carboxylic acids is 1. The lowest BCUT2D eigenvalue weighted by Crippen LogP contribution is -2.27. The number of hydrogen-bond donors (Lipinski definition) is 0. The van der Waals surface area contributed by atoms with E-state index in [9.17, 15) is 4.79 Å². The van der Waals surface area contributed by atoms with E-state index in [4.69, 9.17) is 9.97 Å². The average Bonchev–Trinajstić information content (AvgIpc) is 3.45. The smallest absolute Gasteiger partial charge is 0.253 e. The molecule has 0 atom stereocenters. The first-order valence-electron chi connectivity index (χ1n) is 11.1. The van der Waals surface area contributed by atoms with E-state index in [1.165, 1.54) is 12.8 Å². The van der Waals surface area contributed by atoms with Crippen molar-refractivity contribution >= 4 is 23.5 Å². The van der Waals surface area contributed by atoms with E-state index in [1.54, 1.807) is 11.8 Å². The van der Waals surface area contributed by atoms with Crippen molar-refractivity contribution in [2.24, 2.45) is 0 Å². The molecule has 0 spiro atoms. The van der Waals surface area contributed by atoms with Crippen LogP contribution in [0, 0.1) is 0 Å². The van der Waals surface area contributed by atoms with Crippen molar-refractivity contribution in [1.82, 2.24) is 14.9 Å². The number of hydrogen-bond acceptors (Lipinski definition) is 5. The van der Waals surface area contributed by atoms with Gasteiger partial charge in [0, 0.05) is 49.0 Å². The van der Waals surface area contributed by atoms with Crippen LogP contribution in [0.25, 0.3) is 0 Å². The highest BCUT2D eigenvalue weighted by Crippen LogP contribution is 2.29. The first kappa shape index (κ1) is 21.2. The number of benzene rings is 1. The summed E-state index contributed by atoms with van der Waals surface area (Å²) in [4.78, 5) is 26.8. The van der Waals surface area contributed by atoms with Crippen LogP contribution >= 0.6 is 11.8 Å². The van der Waals surface area contributed by atoms with E-state index < -0.39 is 0 Å². The minimum Gasteiger partial charge on any atom is -0.356 e. The van der Waals surface area contributed by atoms with Crippen molar-refractivity contribution in [2.75, 3.05) is 31.1 Å². The monoisotopic (exact) mass is 424 g/mol. The van der Waals surface area contributed by atoms with Crippen LogP contribution in [0.4, 0.5) is 5.82 Å². The first-order valence-corrected chi connectivity index (χ1v) is 12.0. The van der Waals surface area contributed by atoms with Crippen molar-refractivity contribution in [3.63, 3.8) is 0 Å². The summed E-state index contributed by atoms with van der Waals surface area (Å²) in [7, 11) is 0. The van der Waals surface area contributed by atoms with Crippen LogP contribution in [-0.2, 0) is 11.2 Å². The molecule has 1 amide bonds. The molecule has 2 aliphatic heterocycles. The van der Waals surface area contributed by atoms with Gasteiger partial charge in [0.15, 0.2) is 5.16 Å². The fourth-order valence-corrected chi connectivity index (χ4v) is 4.81. The molecule has 0 radical (unpaired) electrons. The Balaban J connectivity index is 1.51. The Morgan fingerprint density at radius 2 is 1.70 bits per heavy atom. The van der Waals surface area contributed by atoms with Crippen molar-refractivity contribution < 1.29 is 4.79 Å². The average molecular weight is 425 g/mol. The van der Waals surface area contributed by atoms with Crippen molar-refractivity contribution in [3.05, 3.63) is 47.2 Å². The molecule has 2 aliphatic rings. The number of likely N-dealkylation sites (tertiary alicyclic amines) is 1. The van der Waals surface area contributed by atoms with Crippen molar-refractivity contribution in [2.45, 2.75) is 62.8 Å². The van der Waals surface area contributed by atoms with Gasteiger partial charge in [-0.05, 0) is 43.4 Å². The molecule has 0 N–H and O–H groups in total. The quantitative estimate of drug-likeness (QED) is 0.505. The Morgan fingerprint density at radius 3 is 2.40 bits per heavy atom. The summed E-state index contributed by atoms with van der Waals surface area (Å²) in [5, 5.41) is 0.820. The second kappa shape index (κ2) is 8.96. The Hall–Kier alpha value is -2.08. The molecular weight excluding hydrogens is 392 g/mol. The maximum atomic E-state index is 12.7. The van der Waals surface area contributed by atoms with Crippen LogP contribution in [0.3, 0.4) is 0 Å². The summed E-state index contributed by atoms with van der Waals surface area (Å²) in [6.07, 6.45) is 4.69. The Labute approximate surface area is 184 Å². The molecule has 1 aromatic heterocycles. The third kappa shape index (κ3) is 4.97. The largest absolute Gasteiger partial charge is 0.356 e. The fourth-order valence-electron chi connectivity index (χ4n) is 4.01. The van der Waals surface area contributed by atoms with Crippen molar-refractivity contribution in [1.29, 1.82) is 0 Å². The van der Waals surface area contributed by atoms with Gasteiger partial charge in [0.1, 0.15) is 5.82 Å². The second-order valence-electron chi connectivity index (χ2n) is 9.33. The van der Waals surface area contributed by atoms with Crippen LogP contribution < -0.4 is 4.90 Å². The fraction of sp³-hybridized carbons (Fsp3) is 0.542. The Morgan fingerprint density at radius 1 is 1.00 bits per heavy atom. The molecule has 2 aromatic rings. The zero-order valence-electron chi connectivity index (χ0n) is 18.4. The predicted molar refractivity (Wildman–Crippen MR) is 123 cm³/mol. The van der Waals surface area contributed by atoms with Gasteiger partial charge in [0.05, 0.1) is 5.69 Å². The van der Waals surface area contributed by atoms with Gasteiger partial charge in [-0.15, -0.1) is 0 Å². The molecule has 0 saturated carbocycles. The number of amides is 1. The summed E-state index contributed by atoms with van der Waals surface area (Å²) in [5.41, 5.74) is 2.99. The SMILES string of the molecule is CC(C)(C)c1cc(N2CCCC2)nc(SCc2cccc(C(=O)N3CCCC3)c2)n1. The van der Waals surface area contributed by atoms with Gasteiger partial charge in [0.2, 0.25) is 0 Å². The molecule has 4 rings (SSSR count). The molecule has 0 aliphatic carbocycles. The maximum absolute atomic E-state index is 12.7. The lowest BCUT2D eigenvalue weighted by atomic mass is 9.92. The summed E-state index contributed by atoms with van der Waals surface area (Å²) < 4.78 is 0. The lowest BCUT2D eigenvalue weighted by Gasteiger charge is -2.23. The summed E-state index contributed by atoms with van der Waals surface area (Å²) in [6.45, 7) is 10.5. The summed E-state index contributed by atoms with van der Waals surface area (Å²) >= 11 is 1.66. The van der Waals surface area contributed by atoms with Gasteiger partial charge in [-0.1, -0.05) is 44.7 Å². The lowest BCUT2D eigenvalue weighted by molar-refractivity contribution is 0.0792. The number of rotatable bonds is 5. The van der Waals surface area contributed by atoms with Gasteiger partial charge in [-0.3, -0.25) is 4.79 Å². The molecule has 1 aromatic carbocycles. The molecule has 30 heavy (non-hydrogen) atoms. The summed E-state index contributed by atoms with van der Waals surface area (Å²) in [5.74, 6) is 1.96. The van der Waals surface area contributed by atoms with Crippen LogP contribution in [0.2, 0.25) is 0 Å². The van der Waals surface area contributed by atoms with E-state index in [0.717, 1.165) is 72.6 Å². The molecule has 2 saturated heterocycles. The highest BCUT2D eigenvalue weighted by molar-refractivity contribution is 7.98. The highest BCUT2D eigenvalue weighted by atomic mass is 32.2. The number of aromatic nitrogens is 2. The van der Waals surface area contributed by atoms with E-state index in [2.05, 4.69) is 37.8 Å². The molecule has 160 valence electrons. The van der Waals surface area contributed by atoms with Gasteiger partial charge in [-0.2, -0.15) is 0 Å². The van der Waals surface area contributed by atoms with Crippen LogP contribution in [-0.4, -0.2) is 47.0 Å². The molecule has 3 heterocycles. The van der Waals surface area contributed by atoms with Gasteiger partial charge >= 0.3 is 0 Å². The number of anilines is 1. The van der Waals surface area contributed by atoms with E-state index in [0.29, 0.717) is 0 Å².